The van der Waals surface area contributed by atoms with Crippen molar-refractivity contribution in [1.29, 1.82) is 0 Å². The van der Waals surface area contributed by atoms with Crippen LogP contribution in [0, 0.1) is 17.3 Å². The molecule has 14 heavy (non-hydrogen) atoms. The summed E-state index contributed by atoms with van der Waals surface area (Å²) in [5.41, 5.74) is 0.136. The maximum Gasteiger partial charge on any atom is 0.139 e. The molecular formula is C12H18O2. The fraction of sp³-hybridized carbons (Fsp3) is 0.833. The first-order valence-electron chi connectivity index (χ1n) is 5.58. The second-order valence-electron chi connectivity index (χ2n) is 5.29. The van der Waals surface area contributed by atoms with E-state index in [0.29, 0.717) is 18.6 Å². The molecule has 2 fully saturated rings. The van der Waals surface area contributed by atoms with Gasteiger partial charge in [-0.1, -0.05) is 13.8 Å². The van der Waals surface area contributed by atoms with Crippen molar-refractivity contribution < 1.29 is 9.59 Å². The zero-order chi connectivity index (χ0) is 10.3. The number of carbonyl (C=O) groups excluding carboxylic acids is 2. The number of fused-ring (bicyclic) bond motifs is 1. The Morgan fingerprint density at radius 2 is 2.00 bits per heavy atom. The summed E-state index contributed by atoms with van der Waals surface area (Å²) < 4.78 is 0. The van der Waals surface area contributed by atoms with Crippen molar-refractivity contribution in [3.8, 4) is 0 Å². The van der Waals surface area contributed by atoms with Crippen molar-refractivity contribution in [2.75, 3.05) is 0 Å². The van der Waals surface area contributed by atoms with Gasteiger partial charge in [-0.25, -0.2) is 0 Å². The molecule has 0 aromatic heterocycles. The van der Waals surface area contributed by atoms with Crippen molar-refractivity contribution in [1.82, 2.24) is 0 Å². The van der Waals surface area contributed by atoms with Gasteiger partial charge in [-0.05, 0) is 24.7 Å². The molecule has 2 heteroatoms. The molecule has 0 aliphatic heterocycles. The predicted octanol–water partition coefficient (Wildman–Crippen LogP) is 2.36. The highest BCUT2D eigenvalue weighted by Gasteiger charge is 2.47. The maximum absolute atomic E-state index is 12.0. The number of hydrogen-bond acceptors (Lipinski definition) is 2. The van der Waals surface area contributed by atoms with E-state index in [9.17, 15) is 9.59 Å². The SMILES string of the molecule is C[C@@H]1CC[C@]2(C)CCC(=O)C[C@H]2C1=O. The van der Waals surface area contributed by atoms with Gasteiger partial charge in [0.15, 0.2) is 0 Å². The Balaban J connectivity index is 2.24. The van der Waals surface area contributed by atoms with Crippen LogP contribution in [0.5, 0.6) is 0 Å². The second-order valence-corrected chi connectivity index (χ2v) is 5.29. The van der Waals surface area contributed by atoms with E-state index in [1.165, 1.54) is 0 Å². The Morgan fingerprint density at radius 3 is 2.71 bits per heavy atom. The van der Waals surface area contributed by atoms with Gasteiger partial charge in [0.1, 0.15) is 11.6 Å². The second kappa shape index (κ2) is 3.18. The first-order valence-corrected chi connectivity index (χ1v) is 5.58. The van der Waals surface area contributed by atoms with Crippen molar-refractivity contribution in [3.05, 3.63) is 0 Å². The lowest BCUT2D eigenvalue weighted by atomic mass is 9.58. The van der Waals surface area contributed by atoms with Gasteiger partial charge in [-0.3, -0.25) is 9.59 Å². The predicted molar refractivity (Wildman–Crippen MR) is 53.9 cm³/mol. The topological polar surface area (TPSA) is 34.1 Å². The molecule has 2 aliphatic rings. The number of hydrogen-bond donors (Lipinski definition) is 0. The van der Waals surface area contributed by atoms with Crippen LogP contribution < -0.4 is 0 Å². The summed E-state index contributed by atoms with van der Waals surface area (Å²) in [6, 6.07) is 0. The van der Waals surface area contributed by atoms with E-state index >= 15 is 0 Å². The average Bonchev–Trinajstić information content (AvgIpc) is 2.16. The average molecular weight is 194 g/mol. The summed E-state index contributed by atoms with van der Waals surface area (Å²) in [7, 11) is 0. The highest BCUT2D eigenvalue weighted by atomic mass is 16.1. The van der Waals surface area contributed by atoms with Gasteiger partial charge in [0.2, 0.25) is 0 Å². The summed E-state index contributed by atoms with van der Waals surface area (Å²) in [5, 5.41) is 0. The molecule has 3 atom stereocenters. The minimum Gasteiger partial charge on any atom is -0.300 e. The minimum atomic E-state index is 0.0347. The first kappa shape index (κ1) is 9.88. The Labute approximate surface area is 85.1 Å². The molecule has 2 rings (SSSR count). The molecule has 0 spiro atoms. The molecule has 0 radical (unpaired) electrons. The van der Waals surface area contributed by atoms with E-state index in [-0.39, 0.29) is 23.0 Å². The number of ketones is 2. The summed E-state index contributed by atoms with van der Waals surface area (Å²) in [5.74, 6) is 0.841. The molecule has 0 aromatic rings. The van der Waals surface area contributed by atoms with E-state index < -0.39 is 0 Å². The largest absolute Gasteiger partial charge is 0.300 e. The monoisotopic (exact) mass is 194 g/mol. The molecule has 2 saturated carbocycles. The normalized spacial score (nSPS) is 43.6. The fourth-order valence-electron chi connectivity index (χ4n) is 2.95. The van der Waals surface area contributed by atoms with Crippen molar-refractivity contribution >= 4 is 11.6 Å². The number of rotatable bonds is 0. The smallest absolute Gasteiger partial charge is 0.139 e. The molecule has 0 heterocycles. The fourth-order valence-corrected chi connectivity index (χ4v) is 2.95. The minimum absolute atomic E-state index is 0.0347. The summed E-state index contributed by atoms with van der Waals surface area (Å²) in [6.07, 6.45) is 4.27. The molecule has 0 saturated heterocycles. The van der Waals surface area contributed by atoms with Crippen LogP contribution in [-0.4, -0.2) is 11.6 Å². The molecule has 0 aromatic carbocycles. The third kappa shape index (κ3) is 1.41. The van der Waals surface area contributed by atoms with Gasteiger partial charge in [-0.2, -0.15) is 0 Å². The van der Waals surface area contributed by atoms with Crippen molar-refractivity contribution in [2.45, 2.75) is 46.0 Å². The Bertz CT molecular complexity index is 282. The summed E-state index contributed by atoms with van der Waals surface area (Å²) in [4.78, 5) is 23.3. The zero-order valence-electron chi connectivity index (χ0n) is 9.01. The summed E-state index contributed by atoms with van der Waals surface area (Å²) in [6.45, 7) is 4.19. The lowest BCUT2D eigenvalue weighted by Crippen LogP contribution is -2.45. The number of carbonyl (C=O) groups is 2. The van der Waals surface area contributed by atoms with Crippen LogP contribution in [0.1, 0.15) is 46.0 Å². The lowest BCUT2D eigenvalue weighted by molar-refractivity contribution is -0.143. The highest BCUT2D eigenvalue weighted by molar-refractivity contribution is 5.91. The molecule has 78 valence electrons. The van der Waals surface area contributed by atoms with Gasteiger partial charge in [0.25, 0.3) is 0 Å². The van der Waals surface area contributed by atoms with E-state index in [1.54, 1.807) is 0 Å². The molecule has 0 amide bonds. The molecular weight excluding hydrogens is 176 g/mol. The van der Waals surface area contributed by atoms with E-state index in [2.05, 4.69) is 6.92 Å². The lowest BCUT2D eigenvalue weighted by Gasteiger charge is -2.45. The Hall–Kier alpha value is -0.660. The van der Waals surface area contributed by atoms with Gasteiger partial charge in [0.05, 0.1) is 0 Å². The van der Waals surface area contributed by atoms with Crippen LogP contribution in [0.2, 0.25) is 0 Å². The van der Waals surface area contributed by atoms with Crippen LogP contribution in [0.4, 0.5) is 0 Å². The van der Waals surface area contributed by atoms with Gasteiger partial charge >= 0.3 is 0 Å². The first-order chi connectivity index (χ1) is 6.53. The number of Topliss-reactive ketones (excluding diaryl/α,β-unsaturated/α-hetero) is 2. The third-order valence-electron chi connectivity index (χ3n) is 4.23. The quantitative estimate of drug-likeness (QED) is 0.593. The third-order valence-corrected chi connectivity index (χ3v) is 4.23. The van der Waals surface area contributed by atoms with Crippen LogP contribution in [0.15, 0.2) is 0 Å². The van der Waals surface area contributed by atoms with E-state index in [0.717, 1.165) is 19.3 Å². The molecule has 0 bridgehead atoms. The van der Waals surface area contributed by atoms with Crippen LogP contribution >= 0.6 is 0 Å². The van der Waals surface area contributed by atoms with Gasteiger partial charge in [-0.15, -0.1) is 0 Å². The standard InChI is InChI=1S/C12H18O2/c1-8-3-5-12(2)6-4-9(13)7-10(12)11(8)14/h8,10H,3-7H2,1-2H3/t8-,10+,12-/m1/s1. The molecule has 0 N–H and O–H groups in total. The molecule has 2 aliphatic carbocycles. The Kier molecular flexibility index (Phi) is 2.24. The highest BCUT2D eigenvalue weighted by Crippen LogP contribution is 2.48. The maximum atomic E-state index is 12.0. The van der Waals surface area contributed by atoms with Crippen LogP contribution in [0.25, 0.3) is 0 Å². The zero-order valence-corrected chi connectivity index (χ0v) is 9.01. The van der Waals surface area contributed by atoms with Gasteiger partial charge in [0, 0.05) is 24.7 Å². The molecule has 0 unspecified atom stereocenters. The van der Waals surface area contributed by atoms with Crippen molar-refractivity contribution in [2.24, 2.45) is 17.3 Å². The molecule has 2 nitrogen and oxygen atoms in total. The van der Waals surface area contributed by atoms with Crippen LogP contribution in [0.3, 0.4) is 0 Å². The van der Waals surface area contributed by atoms with Crippen molar-refractivity contribution in [3.63, 3.8) is 0 Å². The van der Waals surface area contributed by atoms with E-state index in [4.69, 9.17) is 0 Å². The van der Waals surface area contributed by atoms with E-state index in [1.807, 2.05) is 6.92 Å². The Morgan fingerprint density at radius 1 is 1.29 bits per heavy atom. The van der Waals surface area contributed by atoms with Crippen LogP contribution in [-0.2, 0) is 9.59 Å². The summed E-state index contributed by atoms with van der Waals surface area (Å²) >= 11 is 0. The van der Waals surface area contributed by atoms with Gasteiger partial charge < -0.3 is 0 Å².